The van der Waals surface area contributed by atoms with Crippen LogP contribution in [-0.2, 0) is 10.3 Å². The second-order valence-corrected chi connectivity index (χ2v) is 3.86. The standard InChI is InChI=1S/C7H10N4O2S/c8-3-7(5-9-1-2-14-5)4(12)10-6(13)11-7/h1-2,6,11,13H,3,8H2,(H,10,12). The number of aliphatic hydroxyl groups is 1. The number of aromatic nitrogens is 1. The molecule has 7 heteroatoms. The number of aliphatic hydroxyl groups excluding tert-OH is 1. The minimum Gasteiger partial charge on any atom is -0.361 e. The van der Waals surface area contributed by atoms with Gasteiger partial charge in [-0.2, -0.15) is 0 Å². The molecular weight excluding hydrogens is 204 g/mol. The molecule has 76 valence electrons. The summed E-state index contributed by atoms with van der Waals surface area (Å²) >= 11 is 1.32. The number of thiazole rings is 1. The molecule has 14 heavy (non-hydrogen) atoms. The number of carbonyl (C=O) groups excluding carboxylic acids is 1. The third-order valence-corrected chi connectivity index (χ3v) is 3.08. The Morgan fingerprint density at radius 1 is 1.79 bits per heavy atom. The highest BCUT2D eigenvalue weighted by Crippen LogP contribution is 2.25. The van der Waals surface area contributed by atoms with Gasteiger partial charge in [-0.15, -0.1) is 11.3 Å². The average Bonchev–Trinajstić information content (AvgIpc) is 2.73. The van der Waals surface area contributed by atoms with Crippen molar-refractivity contribution in [1.82, 2.24) is 15.6 Å². The summed E-state index contributed by atoms with van der Waals surface area (Å²) in [6.45, 7) is 0.0589. The Labute approximate surface area is 84.1 Å². The quantitative estimate of drug-likeness (QED) is 0.470. The van der Waals surface area contributed by atoms with E-state index >= 15 is 0 Å². The molecule has 1 aliphatic rings. The number of amides is 1. The minimum atomic E-state index is -1.08. The normalized spacial score (nSPS) is 31.9. The minimum absolute atomic E-state index is 0.0589. The summed E-state index contributed by atoms with van der Waals surface area (Å²) in [6, 6.07) is 0. The van der Waals surface area contributed by atoms with Crippen molar-refractivity contribution in [2.45, 2.75) is 11.9 Å². The molecule has 0 bridgehead atoms. The Kier molecular flexibility index (Phi) is 2.23. The molecule has 0 radical (unpaired) electrons. The van der Waals surface area contributed by atoms with Crippen LogP contribution in [0, 0.1) is 0 Å². The number of hydrogen-bond donors (Lipinski definition) is 4. The van der Waals surface area contributed by atoms with Gasteiger partial charge >= 0.3 is 0 Å². The van der Waals surface area contributed by atoms with Gasteiger partial charge in [-0.1, -0.05) is 0 Å². The first-order valence-corrected chi connectivity index (χ1v) is 4.94. The third-order valence-electron chi connectivity index (χ3n) is 2.14. The maximum atomic E-state index is 11.6. The zero-order chi connectivity index (χ0) is 10.2. The molecule has 1 aromatic heterocycles. The highest BCUT2D eigenvalue weighted by atomic mass is 32.1. The van der Waals surface area contributed by atoms with E-state index in [9.17, 15) is 9.90 Å². The van der Waals surface area contributed by atoms with Gasteiger partial charge in [-0.3, -0.25) is 10.1 Å². The maximum absolute atomic E-state index is 11.6. The number of rotatable bonds is 2. The van der Waals surface area contributed by atoms with Crippen LogP contribution in [-0.4, -0.2) is 28.9 Å². The van der Waals surface area contributed by atoms with Crippen LogP contribution < -0.4 is 16.4 Å². The monoisotopic (exact) mass is 214 g/mol. The smallest absolute Gasteiger partial charge is 0.251 e. The lowest BCUT2D eigenvalue weighted by Crippen LogP contribution is -2.50. The Morgan fingerprint density at radius 3 is 3.00 bits per heavy atom. The lowest BCUT2D eigenvalue weighted by molar-refractivity contribution is -0.124. The maximum Gasteiger partial charge on any atom is 0.251 e. The lowest BCUT2D eigenvalue weighted by Gasteiger charge is -2.21. The number of nitrogens with two attached hydrogens (primary N) is 1. The van der Waals surface area contributed by atoms with E-state index in [-0.39, 0.29) is 12.5 Å². The SMILES string of the molecule is NCC1(c2nccs2)NC(O)NC1=O. The fraction of sp³-hybridized carbons (Fsp3) is 0.429. The first kappa shape index (κ1) is 9.53. The largest absolute Gasteiger partial charge is 0.361 e. The zero-order valence-electron chi connectivity index (χ0n) is 7.23. The summed E-state index contributed by atoms with van der Waals surface area (Å²) in [5.41, 5.74) is 4.47. The Morgan fingerprint density at radius 2 is 2.57 bits per heavy atom. The number of nitrogens with one attached hydrogen (secondary N) is 2. The van der Waals surface area contributed by atoms with Gasteiger partial charge in [0.25, 0.3) is 5.91 Å². The first-order chi connectivity index (χ1) is 6.69. The van der Waals surface area contributed by atoms with Crippen LogP contribution >= 0.6 is 11.3 Å². The van der Waals surface area contributed by atoms with E-state index < -0.39 is 11.9 Å². The molecule has 0 saturated carbocycles. The molecule has 5 N–H and O–H groups in total. The number of hydrogen-bond acceptors (Lipinski definition) is 6. The van der Waals surface area contributed by atoms with Gasteiger partial charge in [0, 0.05) is 18.1 Å². The number of nitrogens with zero attached hydrogens (tertiary/aromatic N) is 1. The molecule has 0 aromatic carbocycles. The average molecular weight is 214 g/mol. The van der Waals surface area contributed by atoms with Crippen molar-refractivity contribution in [3.05, 3.63) is 16.6 Å². The van der Waals surface area contributed by atoms with E-state index in [0.29, 0.717) is 5.01 Å². The Hall–Kier alpha value is -1.02. The van der Waals surface area contributed by atoms with E-state index in [1.807, 2.05) is 0 Å². The fourth-order valence-electron chi connectivity index (χ4n) is 1.41. The van der Waals surface area contributed by atoms with Gasteiger partial charge in [0.2, 0.25) is 0 Å². The molecular formula is C7H10N4O2S. The van der Waals surface area contributed by atoms with Crippen molar-refractivity contribution in [1.29, 1.82) is 0 Å². The summed E-state index contributed by atoms with van der Waals surface area (Å²) < 4.78 is 0. The van der Waals surface area contributed by atoms with Gasteiger partial charge in [0.15, 0.2) is 11.9 Å². The van der Waals surface area contributed by atoms with Gasteiger partial charge in [0.05, 0.1) is 0 Å². The summed E-state index contributed by atoms with van der Waals surface area (Å²) in [5, 5.41) is 16.6. The Balaban J connectivity index is 2.40. The molecule has 2 rings (SSSR count). The second-order valence-electron chi connectivity index (χ2n) is 2.97. The predicted molar refractivity (Wildman–Crippen MR) is 50.1 cm³/mol. The molecule has 2 heterocycles. The van der Waals surface area contributed by atoms with Gasteiger partial charge < -0.3 is 16.2 Å². The van der Waals surface area contributed by atoms with E-state index in [4.69, 9.17) is 5.73 Å². The predicted octanol–water partition coefficient (Wildman–Crippen LogP) is -1.71. The van der Waals surface area contributed by atoms with Crippen molar-refractivity contribution in [2.75, 3.05) is 6.54 Å². The van der Waals surface area contributed by atoms with Crippen molar-refractivity contribution in [3.63, 3.8) is 0 Å². The first-order valence-electron chi connectivity index (χ1n) is 4.06. The molecule has 2 unspecified atom stereocenters. The van der Waals surface area contributed by atoms with Crippen molar-refractivity contribution < 1.29 is 9.90 Å². The van der Waals surface area contributed by atoms with E-state index in [1.165, 1.54) is 11.3 Å². The molecule has 1 aromatic rings. The molecule has 1 aliphatic heterocycles. The Bertz CT molecular complexity index is 341. The lowest BCUT2D eigenvalue weighted by atomic mass is 10.0. The van der Waals surface area contributed by atoms with Crippen LogP contribution in [0.2, 0.25) is 0 Å². The van der Waals surface area contributed by atoms with E-state index in [2.05, 4.69) is 15.6 Å². The highest BCUT2D eigenvalue weighted by molar-refractivity contribution is 7.09. The number of carbonyl (C=O) groups is 1. The molecule has 1 amide bonds. The van der Waals surface area contributed by atoms with E-state index in [1.54, 1.807) is 11.6 Å². The van der Waals surface area contributed by atoms with Crippen molar-refractivity contribution >= 4 is 17.2 Å². The van der Waals surface area contributed by atoms with Crippen LogP contribution in [0.4, 0.5) is 0 Å². The summed E-state index contributed by atoms with van der Waals surface area (Å²) in [6.07, 6.45) is 0.534. The highest BCUT2D eigenvalue weighted by Gasteiger charge is 2.48. The van der Waals surface area contributed by atoms with Gasteiger partial charge in [-0.05, 0) is 0 Å². The van der Waals surface area contributed by atoms with Gasteiger partial charge in [0.1, 0.15) is 5.01 Å². The van der Waals surface area contributed by atoms with Crippen LogP contribution in [0.25, 0.3) is 0 Å². The molecule has 0 spiro atoms. The molecule has 1 saturated heterocycles. The summed E-state index contributed by atoms with van der Waals surface area (Å²) in [4.78, 5) is 15.6. The molecule has 1 fully saturated rings. The van der Waals surface area contributed by atoms with E-state index in [0.717, 1.165) is 0 Å². The van der Waals surface area contributed by atoms with Crippen molar-refractivity contribution in [2.24, 2.45) is 5.73 Å². The van der Waals surface area contributed by atoms with Crippen LogP contribution in [0.15, 0.2) is 11.6 Å². The van der Waals surface area contributed by atoms with Gasteiger partial charge in [-0.25, -0.2) is 4.98 Å². The molecule has 6 nitrogen and oxygen atoms in total. The summed E-state index contributed by atoms with van der Waals surface area (Å²) in [5.74, 6) is -0.345. The topological polar surface area (TPSA) is 100 Å². The van der Waals surface area contributed by atoms with Crippen LogP contribution in [0.3, 0.4) is 0 Å². The molecule has 2 atom stereocenters. The second kappa shape index (κ2) is 3.28. The van der Waals surface area contributed by atoms with Crippen LogP contribution in [0.1, 0.15) is 5.01 Å². The van der Waals surface area contributed by atoms with Crippen LogP contribution in [0.5, 0.6) is 0 Å². The fourth-order valence-corrected chi connectivity index (χ4v) is 2.22. The summed E-state index contributed by atoms with van der Waals surface area (Å²) in [7, 11) is 0. The molecule has 0 aliphatic carbocycles. The van der Waals surface area contributed by atoms with Crippen molar-refractivity contribution in [3.8, 4) is 0 Å². The zero-order valence-corrected chi connectivity index (χ0v) is 8.04. The third kappa shape index (κ3) is 1.22.